The van der Waals surface area contributed by atoms with E-state index in [4.69, 9.17) is 4.42 Å². The molecule has 1 aromatic carbocycles. The molecular weight excluding hydrogens is 352 g/mol. The zero-order chi connectivity index (χ0) is 18.8. The number of nitrogens with zero attached hydrogens (tertiary/aromatic N) is 2. The van der Waals surface area contributed by atoms with Crippen molar-refractivity contribution in [1.82, 2.24) is 14.9 Å². The smallest absolute Gasteiger partial charge is 0.268 e. The van der Waals surface area contributed by atoms with Crippen LogP contribution in [0.2, 0.25) is 0 Å². The molecule has 5 nitrogen and oxygen atoms in total. The van der Waals surface area contributed by atoms with E-state index in [0.29, 0.717) is 22.5 Å². The molecule has 0 aliphatic rings. The van der Waals surface area contributed by atoms with E-state index >= 15 is 0 Å². The maximum Gasteiger partial charge on any atom is 0.268 e. The van der Waals surface area contributed by atoms with Gasteiger partial charge in [-0.25, -0.2) is 8.78 Å². The summed E-state index contributed by atoms with van der Waals surface area (Å²) in [6.45, 7) is 0.250. The SMILES string of the molecule is O=C(NCc1ccccn1)c1cc2occc2n1Cc1cccc(F)c1F. The molecule has 0 fully saturated rings. The van der Waals surface area contributed by atoms with Crippen molar-refractivity contribution in [3.63, 3.8) is 0 Å². The second kappa shape index (κ2) is 7.03. The Balaban J connectivity index is 1.65. The lowest BCUT2D eigenvalue weighted by atomic mass is 10.2. The quantitative estimate of drug-likeness (QED) is 0.582. The van der Waals surface area contributed by atoms with Crippen LogP contribution in [0.5, 0.6) is 0 Å². The Bertz CT molecular complexity index is 1100. The molecule has 3 heterocycles. The van der Waals surface area contributed by atoms with Gasteiger partial charge in [0.05, 0.1) is 30.6 Å². The number of fused-ring (bicyclic) bond motifs is 1. The minimum absolute atomic E-state index is 0.00102. The number of nitrogens with one attached hydrogen (secondary N) is 1. The van der Waals surface area contributed by atoms with Crippen molar-refractivity contribution in [1.29, 1.82) is 0 Å². The number of aromatic nitrogens is 2. The lowest BCUT2D eigenvalue weighted by Crippen LogP contribution is -2.26. The largest absolute Gasteiger partial charge is 0.463 e. The van der Waals surface area contributed by atoms with Crippen LogP contribution in [0.1, 0.15) is 21.7 Å². The molecule has 1 N–H and O–H groups in total. The van der Waals surface area contributed by atoms with Crippen molar-refractivity contribution in [2.75, 3.05) is 0 Å². The Labute approximate surface area is 153 Å². The highest BCUT2D eigenvalue weighted by atomic mass is 19.2. The lowest BCUT2D eigenvalue weighted by Gasteiger charge is -2.11. The second-order valence-corrected chi connectivity index (χ2v) is 6.00. The van der Waals surface area contributed by atoms with Crippen LogP contribution in [0.4, 0.5) is 8.78 Å². The first-order valence-corrected chi connectivity index (χ1v) is 8.31. The molecule has 0 aliphatic heterocycles. The molecule has 0 aliphatic carbocycles. The topological polar surface area (TPSA) is 60.1 Å². The minimum Gasteiger partial charge on any atom is -0.463 e. The average Bonchev–Trinajstić information content (AvgIpc) is 3.27. The highest BCUT2D eigenvalue weighted by Gasteiger charge is 2.19. The average molecular weight is 367 g/mol. The minimum atomic E-state index is -0.928. The van der Waals surface area contributed by atoms with Crippen LogP contribution in [-0.4, -0.2) is 15.5 Å². The van der Waals surface area contributed by atoms with Gasteiger partial charge in [-0.3, -0.25) is 9.78 Å². The fourth-order valence-corrected chi connectivity index (χ4v) is 2.94. The van der Waals surface area contributed by atoms with Gasteiger partial charge in [-0.05, 0) is 18.2 Å². The van der Waals surface area contributed by atoms with E-state index in [2.05, 4.69) is 10.3 Å². The zero-order valence-electron chi connectivity index (χ0n) is 14.2. The third-order valence-electron chi connectivity index (χ3n) is 4.27. The van der Waals surface area contributed by atoms with E-state index in [1.807, 2.05) is 6.07 Å². The van der Waals surface area contributed by atoms with Crippen LogP contribution in [0.25, 0.3) is 11.1 Å². The van der Waals surface area contributed by atoms with Gasteiger partial charge in [0.25, 0.3) is 5.91 Å². The summed E-state index contributed by atoms with van der Waals surface area (Å²) in [6, 6.07) is 12.7. The van der Waals surface area contributed by atoms with E-state index in [1.165, 1.54) is 18.4 Å². The van der Waals surface area contributed by atoms with Gasteiger partial charge in [-0.2, -0.15) is 0 Å². The third-order valence-corrected chi connectivity index (χ3v) is 4.27. The molecule has 136 valence electrons. The third kappa shape index (κ3) is 3.31. The summed E-state index contributed by atoms with van der Waals surface area (Å²) in [5.41, 5.74) is 2.27. The van der Waals surface area contributed by atoms with Crippen LogP contribution in [0.3, 0.4) is 0 Å². The van der Waals surface area contributed by atoms with Crippen molar-refractivity contribution in [2.45, 2.75) is 13.1 Å². The van der Waals surface area contributed by atoms with Gasteiger partial charge in [0.1, 0.15) is 5.69 Å². The number of carbonyl (C=O) groups is 1. The first-order chi connectivity index (χ1) is 13.1. The van der Waals surface area contributed by atoms with E-state index < -0.39 is 11.6 Å². The second-order valence-electron chi connectivity index (χ2n) is 6.00. The van der Waals surface area contributed by atoms with Crippen molar-refractivity contribution < 1.29 is 18.0 Å². The highest BCUT2D eigenvalue weighted by Crippen LogP contribution is 2.24. The Kier molecular flexibility index (Phi) is 4.42. The monoisotopic (exact) mass is 367 g/mol. The Morgan fingerprint density at radius 3 is 2.85 bits per heavy atom. The van der Waals surface area contributed by atoms with Crippen LogP contribution in [-0.2, 0) is 13.1 Å². The predicted molar refractivity (Wildman–Crippen MR) is 95.1 cm³/mol. The normalized spacial score (nSPS) is 11.0. The van der Waals surface area contributed by atoms with E-state index in [-0.39, 0.29) is 24.6 Å². The molecule has 3 aromatic heterocycles. The summed E-state index contributed by atoms with van der Waals surface area (Å²) in [4.78, 5) is 16.8. The van der Waals surface area contributed by atoms with E-state index in [1.54, 1.807) is 35.0 Å². The summed E-state index contributed by atoms with van der Waals surface area (Å²) < 4.78 is 34.6. The first-order valence-electron chi connectivity index (χ1n) is 8.31. The molecule has 0 spiro atoms. The molecule has 27 heavy (non-hydrogen) atoms. The molecule has 0 saturated carbocycles. The van der Waals surface area contributed by atoms with Gasteiger partial charge in [0.15, 0.2) is 17.2 Å². The van der Waals surface area contributed by atoms with Gasteiger partial charge >= 0.3 is 0 Å². The molecule has 0 saturated heterocycles. The number of amides is 1. The molecular formula is C20H15F2N3O2. The van der Waals surface area contributed by atoms with Crippen molar-refractivity contribution in [2.24, 2.45) is 0 Å². The van der Waals surface area contributed by atoms with E-state index in [0.717, 1.165) is 6.07 Å². The summed E-state index contributed by atoms with van der Waals surface area (Å²) in [6.07, 6.45) is 3.13. The van der Waals surface area contributed by atoms with Crippen molar-refractivity contribution >= 4 is 17.0 Å². The van der Waals surface area contributed by atoms with Crippen LogP contribution in [0, 0.1) is 11.6 Å². The van der Waals surface area contributed by atoms with E-state index in [9.17, 15) is 13.6 Å². The van der Waals surface area contributed by atoms with Gasteiger partial charge in [-0.15, -0.1) is 0 Å². The molecule has 0 atom stereocenters. The molecule has 7 heteroatoms. The Morgan fingerprint density at radius 2 is 2.04 bits per heavy atom. The Hall–Kier alpha value is -3.48. The number of rotatable bonds is 5. The van der Waals surface area contributed by atoms with Crippen LogP contribution in [0.15, 0.2) is 65.4 Å². The summed E-state index contributed by atoms with van der Waals surface area (Å²) in [5, 5.41) is 2.79. The molecule has 4 aromatic rings. The molecule has 4 rings (SSSR count). The maximum absolute atomic E-state index is 14.1. The van der Waals surface area contributed by atoms with Gasteiger partial charge in [-0.1, -0.05) is 18.2 Å². The number of benzene rings is 1. The maximum atomic E-state index is 14.1. The number of furan rings is 1. The predicted octanol–water partition coefficient (Wildman–Crippen LogP) is 3.89. The number of pyridine rings is 1. The first kappa shape index (κ1) is 17.0. The number of carbonyl (C=O) groups excluding carboxylic acids is 1. The summed E-state index contributed by atoms with van der Waals surface area (Å²) in [5.74, 6) is -2.21. The highest BCUT2D eigenvalue weighted by molar-refractivity contribution is 5.97. The fourth-order valence-electron chi connectivity index (χ4n) is 2.94. The summed E-state index contributed by atoms with van der Waals surface area (Å²) in [7, 11) is 0. The lowest BCUT2D eigenvalue weighted by molar-refractivity contribution is 0.0942. The molecule has 0 radical (unpaired) electrons. The molecule has 0 unspecified atom stereocenters. The van der Waals surface area contributed by atoms with Gasteiger partial charge < -0.3 is 14.3 Å². The number of hydrogen-bond donors (Lipinski definition) is 1. The number of hydrogen-bond acceptors (Lipinski definition) is 3. The van der Waals surface area contributed by atoms with Gasteiger partial charge in [0, 0.05) is 23.9 Å². The van der Waals surface area contributed by atoms with Crippen LogP contribution >= 0.6 is 0 Å². The fraction of sp³-hybridized carbons (Fsp3) is 0.100. The van der Waals surface area contributed by atoms with Gasteiger partial charge in [0.2, 0.25) is 0 Å². The number of halogens is 2. The van der Waals surface area contributed by atoms with Crippen LogP contribution < -0.4 is 5.32 Å². The standard InChI is InChI=1S/C20H15F2N3O2/c21-15-6-3-4-13(19(15)22)12-25-16-7-9-27-18(16)10-17(25)20(26)24-11-14-5-1-2-8-23-14/h1-10H,11-12H2,(H,24,26). The zero-order valence-corrected chi connectivity index (χ0v) is 14.2. The summed E-state index contributed by atoms with van der Waals surface area (Å²) >= 11 is 0. The molecule has 1 amide bonds. The molecule has 0 bridgehead atoms. The Morgan fingerprint density at radius 1 is 1.15 bits per heavy atom. The van der Waals surface area contributed by atoms with Crippen molar-refractivity contribution in [3.05, 3.63) is 89.6 Å². The van der Waals surface area contributed by atoms with Crippen molar-refractivity contribution in [3.8, 4) is 0 Å².